The van der Waals surface area contributed by atoms with Crippen LogP contribution in [0, 0.1) is 0 Å². The van der Waals surface area contributed by atoms with Crippen LogP contribution in [0.4, 0.5) is 0 Å². The lowest BCUT2D eigenvalue weighted by Gasteiger charge is -2.34. The van der Waals surface area contributed by atoms with Gasteiger partial charge in [0.2, 0.25) is 0 Å². The molecule has 0 atom stereocenters. The van der Waals surface area contributed by atoms with Gasteiger partial charge >= 0.3 is 5.84 Å². The molecule has 0 fully saturated rings. The molecule has 228 valence electrons. The van der Waals surface area contributed by atoms with Gasteiger partial charge in [-0.05, 0) is 67.8 Å². The van der Waals surface area contributed by atoms with E-state index in [-0.39, 0.29) is 5.41 Å². The molecule has 2 heterocycles. The number of hydrogen-bond acceptors (Lipinski definition) is 2. The van der Waals surface area contributed by atoms with Crippen LogP contribution in [-0.2, 0) is 10.8 Å². The molecule has 0 bridgehead atoms. The number of hydrogen-bond donors (Lipinski definition) is 0. The van der Waals surface area contributed by atoms with Crippen molar-refractivity contribution in [2.75, 3.05) is 0 Å². The van der Waals surface area contributed by atoms with Crippen LogP contribution in [-0.4, -0.2) is 9.38 Å². The molecule has 0 amide bonds. The highest BCUT2D eigenvalue weighted by molar-refractivity contribution is 5.91. The van der Waals surface area contributed by atoms with E-state index < -0.39 is 5.41 Å². The number of oxazole rings is 1. The predicted octanol–water partition coefficient (Wildman–Crippen LogP) is 10.9. The van der Waals surface area contributed by atoms with Crippen molar-refractivity contribution in [1.82, 2.24) is 9.38 Å². The molecule has 0 aliphatic heterocycles. The van der Waals surface area contributed by atoms with Crippen LogP contribution in [0.5, 0.6) is 0 Å². The fourth-order valence-electron chi connectivity index (χ4n) is 8.71. The van der Waals surface area contributed by atoms with Gasteiger partial charge in [-0.15, -0.1) is 0 Å². The topological polar surface area (TPSA) is 30.4 Å². The average Bonchev–Trinajstić information content (AvgIpc) is 3.87. The summed E-state index contributed by atoms with van der Waals surface area (Å²) >= 11 is 0. The van der Waals surface area contributed by atoms with Gasteiger partial charge in [-0.25, -0.2) is 0 Å². The molecule has 3 heteroatoms. The summed E-state index contributed by atoms with van der Waals surface area (Å²) in [6.07, 6.45) is 3.71. The van der Waals surface area contributed by atoms with E-state index in [2.05, 4.69) is 164 Å². The Morgan fingerprint density at radius 2 is 1.06 bits per heavy atom. The molecule has 6 aromatic carbocycles. The number of nitrogens with zero attached hydrogens (tertiary/aromatic N) is 2. The highest BCUT2D eigenvalue weighted by Crippen LogP contribution is 2.57. The van der Waals surface area contributed by atoms with Crippen LogP contribution < -0.4 is 0 Å². The molecule has 0 saturated carbocycles. The molecule has 3 nitrogen and oxygen atoms in total. The van der Waals surface area contributed by atoms with Gasteiger partial charge in [-0.3, -0.25) is 4.40 Å². The van der Waals surface area contributed by atoms with E-state index in [1.807, 2.05) is 6.20 Å². The monoisotopic (exact) mass is 616 g/mol. The van der Waals surface area contributed by atoms with Gasteiger partial charge in [0.15, 0.2) is 0 Å². The molecule has 0 N–H and O–H groups in total. The Bertz CT molecular complexity index is 2490. The Balaban J connectivity index is 1.23. The van der Waals surface area contributed by atoms with E-state index >= 15 is 0 Å². The van der Waals surface area contributed by atoms with Crippen molar-refractivity contribution in [3.8, 4) is 44.8 Å². The SMILES string of the molecule is CC1(C)c2ccccc2-c2ccc(-c3nc4occn4c3-c3ccc4c(c3)C(c3ccccc3)(c3ccccc3)c3ccccc3-4)cc21. The minimum absolute atomic E-state index is 0.106. The number of imidazole rings is 1. The van der Waals surface area contributed by atoms with Gasteiger partial charge in [-0.2, -0.15) is 4.98 Å². The molecule has 2 aliphatic rings. The van der Waals surface area contributed by atoms with Crippen LogP contribution in [0.3, 0.4) is 0 Å². The van der Waals surface area contributed by atoms with Crippen molar-refractivity contribution >= 4 is 5.84 Å². The number of fused-ring (bicyclic) bond motifs is 7. The van der Waals surface area contributed by atoms with E-state index in [1.165, 1.54) is 55.6 Å². The summed E-state index contributed by atoms with van der Waals surface area (Å²) < 4.78 is 8.04. The third-order valence-electron chi connectivity index (χ3n) is 10.9. The summed E-state index contributed by atoms with van der Waals surface area (Å²) in [6.45, 7) is 4.65. The first-order valence-corrected chi connectivity index (χ1v) is 16.6. The first kappa shape index (κ1) is 27.2. The predicted molar refractivity (Wildman–Crippen MR) is 193 cm³/mol. The lowest BCUT2D eigenvalue weighted by atomic mass is 9.67. The second-order valence-corrected chi connectivity index (χ2v) is 13.6. The smallest absolute Gasteiger partial charge is 0.306 e. The molecule has 0 spiro atoms. The standard InChI is InChI=1S/C45H32N2O/c1-44(2)37-19-11-9-17-33(37)35-23-21-29(27-39(35)44)41-42(47-25-26-48-43(47)46-41)30-22-24-36-34-18-10-12-20-38(34)45(40(36)28-30,31-13-5-3-6-14-31)32-15-7-4-8-16-32/h3-28H,1-2H3. The first-order chi connectivity index (χ1) is 23.6. The van der Waals surface area contributed by atoms with Crippen molar-refractivity contribution in [3.63, 3.8) is 0 Å². The molecular weight excluding hydrogens is 585 g/mol. The number of aromatic nitrogens is 2. The highest BCUT2D eigenvalue weighted by atomic mass is 16.3. The summed E-state index contributed by atoms with van der Waals surface area (Å²) in [5.41, 5.74) is 16.5. The van der Waals surface area contributed by atoms with E-state index in [0.29, 0.717) is 5.84 Å². The maximum Gasteiger partial charge on any atom is 0.306 e. The van der Waals surface area contributed by atoms with Gasteiger partial charge in [-0.1, -0.05) is 147 Å². The molecule has 48 heavy (non-hydrogen) atoms. The molecule has 0 radical (unpaired) electrons. The maximum atomic E-state index is 5.94. The molecule has 0 saturated heterocycles. The zero-order valence-corrected chi connectivity index (χ0v) is 26.8. The molecular formula is C45H32N2O. The lowest BCUT2D eigenvalue weighted by molar-refractivity contribution is 0.596. The second kappa shape index (κ2) is 9.79. The van der Waals surface area contributed by atoms with Crippen LogP contribution in [0.1, 0.15) is 47.2 Å². The van der Waals surface area contributed by atoms with Crippen molar-refractivity contribution < 1.29 is 4.42 Å². The Labute approximate surface area is 279 Å². The van der Waals surface area contributed by atoms with Gasteiger partial charge in [0.1, 0.15) is 12.0 Å². The minimum Gasteiger partial charge on any atom is -0.432 e. The largest absolute Gasteiger partial charge is 0.432 e. The van der Waals surface area contributed by atoms with E-state index in [0.717, 1.165) is 22.5 Å². The Morgan fingerprint density at radius 1 is 0.521 bits per heavy atom. The summed E-state index contributed by atoms with van der Waals surface area (Å²) in [7, 11) is 0. The summed E-state index contributed by atoms with van der Waals surface area (Å²) in [4.78, 5) is 5.12. The second-order valence-electron chi connectivity index (χ2n) is 13.6. The Kier molecular flexibility index (Phi) is 5.55. The van der Waals surface area contributed by atoms with Crippen LogP contribution >= 0.6 is 0 Å². The zero-order chi connectivity index (χ0) is 32.0. The summed E-state index contributed by atoms with van der Waals surface area (Å²) in [6, 6.07) is 53.4. The van der Waals surface area contributed by atoms with Gasteiger partial charge in [0.05, 0.1) is 11.1 Å². The van der Waals surface area contributed by atoms with E-state index in [4.69, 9.17) is 9.40 Å². The summed E-state index contributed by atoms with van der Waals surface area (Å²) in [5, 5.41) is 0. The normalized spacial score (nSPS) is 14.8. The third-order valence-corrected chi connectivity index (χ3v) is 10.9. The maximum absolute atomic E-state index is 5.94. The number of rotatable bonds is 4. The molecule has 2 aromatic heterocycles. The number of benzene rings is 6. The van der Waals surface area contributed by atoms with Crippen molar-refractivity contribution in [2.45, 2.75) is 24.7 Å². The van der Waals surface area contributed by atoms with Crippen molar-refractivity contribution in [2.24, 2.45) is 0 Å². The molecule has 2 aliphatic carbocycles. The fraction of sp³-hybridized carbons (Fsp3) is 0.0889. The highest BCUT2D eigenvalue weighted by Gasteiger charge is 2.46. The molecule has 0 unspecified atom stereocenters. The van der Waals surface area contributed by atoms with Crippen LogP contribution in [0.15, 0.2) is 162 Å². The third kappa shape index (κ3) is 3.51. The Morgan fingerprint density at radius 3 is 1.77 bits per heavy atom. The van der Waals surface area contributed by atoms with Crippen LogP contribution in [0.25, 0.3) is 50.6 Å². The lowest BCUT2D eigenvalue weighted by Crippen LogP contribution is -2.28. The van der Waals surface area contributed by atoms with Gasteiger partial charge < -0.3 is 4.42 Å². The van der Waals surface area contributed by atoms with Crippen molar-refractivity contribution in [3.05, 3.63) is 191 Å². The molecule has 10 rings (SSSR count). The Hall–Kier alpha value is -5.93. The molecule has 8 aromatic rings. The van der Waals surface area contributed by atoms with Crippen molar-refractivity contribution in [1.29, 1.82) is 0 Å². The summed E-state index contributed by atoms with van der Waals surface area (Å²) in [5.74, 6) is 0.587. The van der Waals surface area contributed by atoms with E-state index in [9.17, 15) is 0 Å². The fourth-order valence-corrected chi connectivity index (χ4v) is 8.71. The minimum atomic E-state index is -0.478. The van der Waals surface area contributed by atoms with Gasteiger partial charge in [0.25, 0.3) is 0 Å². The average molecular weight is 617 g/mol. The quantitative estimate of drug-likeness (QED) is 0.197. The van der Waals surface area contributed by atoms with Crippen LogP contribution in [0.2, 0.25) is 0 Å². The van der Waals surface area contributed by atoms with E-state index in [1.54, 1.807) is 6.26 Å². The van der Waals surface area contributed by atoms with Gasteiger partial charge in [0, 0.05) is 22.7 Å². The zero-order valence-electron chi connectivity index (χ0n) is 26.8. The first-order valence-electron chi connectivity index (χ1n) is 16.6.